The monoisotopic (exact) mass is 219 g/mol. The highest BCUT2D eigenvalue weighted by atomic mass is 19.3. The summed E-state index contributed by atoms with van der Waals surface area (Å²) in [5.74, 6) is 1.45. The lowest BCUT2D eigenvalue weighted by molar-refractivity contribution is 0.0436. The van der Waals surface area contributed by atoms with E-state index in [-0.39, 0.29) is 5.92 Å². The summed E-state index contributed by atoms with van der Waals surface area (Å²) in [6.45, 7) is 6.94. The predicted molar refractivity (Wildman–Crippen MR) is 59.1 cm³/mol. The molecule has 1 nitrogen and oxygen atoms in total. The van der Waals surface area contributed by atoms with Crippen LogP contribution in [0.15, 0.2) is 0 Å². The predicted octanol–water partition coefficient (Wildman–Crippen LogP) is 3.30. The van der Waals surface area contributed by atoms with Gasteiger partial charge in [0.2, 0.25) is 0 Å². The molecule has 0 aromatic carbocycles. The van der Waals surface area contributed by atoms with Gasteiger partial charge in [-0.2, -0.15) is 0 Å². The van der Waals surface area contributed by atoms with E-state index >= 15 is 0 Å². The molecule has 1 aliphatic rings. The van der Waals surface area contributed by atoms with E-state index in [1.807, 2.05) is 6.92 Å². The number of rotatable bonds is 4. The minimum atomic E-state index is -2.23. The van der Waals surface area contributed by atoms with Crippen molar-refractivity contribution in [3.8, 4) is 0 Å². The number of hydrogen-bond donors (Lipinski definition) is 1. The number of alkyl halides is 2. The molecule has 4 unspecified atom stereocenters. The van der Waals surface area contributed by atoms with Crippen LogP contribution >= 0.6 is 0 Å². The maximum atomic E-state index is 12.8. The molecule has 0 heterocycles. The lowest BCUT2D eigenvalue weighted by Crippen LogP contribution is -2.44. The summed E-state index contributed by atoms with van der Waals surface area (Å²) >= 11 is 0. The van der Waals surface area contributed by atoms with Gasteiger partial charge in [0.05, 0.1) is 6.04 Å². The average Bonchev–Trinajstić information content (AvgIpc) is 2.18. The molecule has 3 heteroatoms. The Balaban J connectivity index is 2.53. The minimum Gasteiger partial charge on any atom is -0.309 e. The van der Waals surface area contributed by atoms with Crippen LogP contribution in [0.2, 0.25) is 0 Å². The molecule has 4 atom stereocenters. The molecule has 1 rings (SSSR count). The van der Waals surface area contributed by atoms with Gasteiger partial charge in [-0.1, -0.05) is 27.2 Å². The smallest absolute Gasteiger partial charge is 0.253 e. The summed E-state index contributed by atoms with van der Waals surface area (Å²) in [6, 6.07) is -0.593. The van der Waals surface area contributed by atoms with E-state index in [4.69, 9.17) is 0 Å². The molecule has 0 amide bonds. The van der Waals surface area contributed by atoms with Crippen molar-refractivity contribution >= 4 is 0 Å². The molecule has 0 aromatic rings. The molecule has 0 bridgehead atoms. The molecule has 15 heavy (non-hydrogen) atoms. The van der Waals surface area contributed by atoms with Crippen LogP contribution in [0.5, 0.6) is 0 Å². The molecule has 0 radical (unpaired) electrons. The minimum absolute atomic E-state index is 0.163. The maximum Gasteiger partial charge on any atom is 0.253 e. The third kappa shape index (κ3) is 3.40. The van der Waals surface area contributed by atoms with Crippen LogP contribution < -0.4 is 5.32 Å². The van der Waals surface area contributed by atoms with Crippen LogP contribution in [0.4, 0.5) is 8.78 Å². The van der Waals surface area contributed by atoms with Gasteiger partial charge in [0, 0.05) is 0 Å². The Morgan fingerprint density at radius 2 is 1.87 bits per heavy atom. The van der Waals surface area contributed by atoms with Gasteiger partial charge >= 0.3 is 0 Å². The van der Waals surface area contributed by atoms with Crippen molar-refractivity contribution in [2.75, 3.05) is 6.54 Å². The van der Waals surface area contributed by atoms with Crippen LogP contribution in [-0.4, -0.2) is 19.0 Å². The molecule has 90 valence electrons. The van der Waals surface area contributed by atoms with Crippen molar-refractivity contribution in [1.29, 1.82) is 0 Å². The van der Waals surface area contributed by atoms with Crippen molar-refractivity contribution < 1.29 is 8.78 Å². The van der Waals surface area contributed by atoms with E-state index in [0.717, 1.165) is 19.3 Å². The third-order valence-corrected chi connectivity index (χ3v) is 3.86. The molecule has 0 aliphatic heterocycles. The molecular weight excluding hydrogens is 196 g/mol. The zero-order valence-corrected chi connectivity index (χ0v) is 9.97. The second-order valence-corrected chi connectivity index (χ2v) is 4.95. The average molecular weight is 219 g/mol. The highest BCUT2D eigenvalue weighted by Gasteiger charge is 2.34. The van der Waals surface area contributed by atoms with Gasteiger partial charge in [-0.25, -0.2) is 8.78 Å². The summed E-state index contributed by atoms with van der Waals surface area (Å²) in [6.07, 6.45) is 0.771. The van der Waals surface area contributed by atoms with Crippen LogP contribution in [0.1, 0.15) is 40.0 Å². The Bertz CT molecular complexity index is 184. The fourth-order valence-corrected chi connectivity index (χ4v) is 2.61. The Labute approximate surface area is 91.6 Å². The molecule has 1 aliphatic carbocycles. The van der Waals surface area contributed by atoms with Crippen molar-refractivity contribution in [1.82, 2.24) is 5.32 Å². The van der Waals surface area contributed by atoms with E-state index in [1.165, 1.54) is 0 Å². The Kier molecular flexibility index (Phi) is 4.97. The molecular formula is C12H23F2N. The molecule has 0 aromatic heterocycles. The second-order valence-electron chi connectivity index (χ2n) is 4.95. The van der Waals surface area contributed by atoms with E-state index < -0.39 is 12.5 Å². The zero-order valence-electron chi connectivity index (χ0n) is 9.97. The first-order chi connectivity index (χ1) is 7.06. The maximum absolute atomic E-state index is 12.8. The number of halogens is 2. The second kappa shape index (κ2) is 5.78. The summed E-state index contributed by atoms with van der Waals surface area (Å²) in [5, 5.41) is 2.94. The first-order valence-corrected chi connectivity index (χ1v) is 6.07. The Morgan fingerprint density at radius 3 is 2.33 bits per heavy atom. The van der Waals surface area contributed by atoms with Crippen LogP contribution in [-0.2, 0) is 0 Å². The van der Waals surface area contributed by atoms with Crippen molar-refractivity contribution in [3.05, 3.63) is 0 Å². The SMILES string of the molecule is CCNC(C(F)F)C1CCC(C)C(C)C1. The van der Waals surface area contributed by atoms with Gasteiger partial charge in [0.1, 0.15) is 0 Å². The van der Waals surface area contributed by atoms with Crippen molar-refractivity contribution in [3.63, 3.8) is 0 Å². The van der Waals surface area contributed by atoms with Gasteiger partial charge in [-0.15, -0.1) is 0 Å². The lowest BCUT2D eigenvalue weighted by atomic mass is 9.73. The quantitative estimate of drug-likeness (QED) is 0.765. The molecule has 1 saturated carbocycles. The van der Waals surface area contributed by atoms with Gasteiger partial charge < -0.3 is 5.32 Å². The van der Waals surface area contributed by atoms with Crippen LogP contribution in [0.3, 0.4) is 0 Å². The Morgan fingerprint density at radius 1 is 1.20 bits per heavy atom. The molecule has 0 saturated heterocycles. The fourth-order valence-electron chi connectivity index (χ4n) is 2.61. The van der Waals surface area contributed by atoms with Crippen molar-refractivity contribution in [2.45, 2.75) is 52.5 Å². The lowest BCUT2D eigenvalue weighted by Gasteiger charge is -2.36. The third-order valence-electron chi connectivity index (χ3n) is 3.86. The number of nitrogens with one attached hydrogen (secondary N) is 1. The summed E-state index contributed by atoms with van der Waals surface area (Å²) in [4.78, 5) is 0. The molecule has 1 N–H and O–H groups in total. The molecule has 1 fully saturated rings. The molecule has 0 spiro atoms. The first-order valence-electron chi connectivity index (χ1n) is 6.07. The summed E-state index contributed by atoms with van der Waals surface area (Å²) in [5.41, 5.74) is 0. The van der Waals surface area contributed by atoms with Crippen molar-refractivity contribution in [2.24, 2.45) is 17.8 Å². The van der Waals surface area contributed by atoms with Gasteiger partial charge in [0.15, 0.2) is 0 Å². The van der Waals surface area contributed by atoms with E-state index in [9.17, 15) is 8.78 Å². The fraction of sp³-hybridized carbons (Fsp3) is 1.00. The largest absolute Gasteiger partial charge is 0.309 e. The summed E-state index contributed by atoms with van der Waals surface area (Å²) in [7, 11) is 0. The zero-order chi connectivity index (χ0) is 11.4. The standard InChI is InChI=1S/C12H23F2N/c1-4-15-11(12(13)14)10-6-5-8(2)9(3)7-10/h8-12,15H,4-7H2,1-3H3. The van der Waals surface area contributed by atoms with Gasteiger partial charge in [-0.3, -0.25) is 0 Å². The topological polar surface area (TPSA) is 12.0 Å². The van der Waals surface area contributed by atoms with E-state index in [2.05, 4.69) is 19.2 Å². The number of hydrogen-bond acceptors (Lipinski definition) is 1. The highest BCUT2D eigenvalue weighted by Crippen LogP contribution is 2.36. The Hall–Kier alpha value is -0.180. The summed E-state index contributed by atoms with van der Waals surface area (Å²) < 4.78 is 25.7. The van der Waals surface area contributed by atoms with E-state index in [0.29, 0.717) is 18.4 Å². The van der Waals surface area contributed by atoms with E-state index in [1.54, 1.807) is 0 Å². The highest BCUT2D eigenvalue weighted by molar-refractivity contribution is 4.84. The van der Waals surface area contributed by atoms with Gasteiger partial charge in [0.25, 0.3) is 6.43 Å². The van der Waals surface area contributed by atoms with Gasteiger partial charge in [-0.05, 0) is 37.1 Å². The first kappa shape index (κ1) is 12.9. The normalized spacial score (nSPS) is 34.4. The van der Waals surface area contributed by atoms with Crippen LogP contribution in [0.25, 0.3) is 0 Å². The van der Waals surface area contributed by atoms with Crippen LogP contribution in [0, 0.1) is 17.8 Å².